The molecule has 20 heavy (non-hydrogen) atoms. The van der Waals surface area contributed by atoms with E-state index < -0.39 is 18.0 Å². The van der Waals surface area contributed by atoms with Gasteiger partial charge < -0.3 is 20.7 Å². The van der Waals surface area contributed by atoms with E-state index in [9.17, 15) is 19.8 Å². The summed E-state index contributed by atoms with van der Waals surface area (Å²) in [6.45, 7) is 1.32. The number of phenolic OH excluding ortho intramolecular Hbond substituents is 2. The van der Waals surface area contributed by atoms with E-state index in [4.69, 9.17) is 10.5 Å². The molecule has 2 aromatic rings. The molecule has 0 unspecified atom stereocenters. The predicted molar refractivity (Wildman–Crippen MR) is 71.3 cm³/mol. The van der Waals surface area contributed by atoms with Crippen LogP contribution in [0.25, 0.3) is 10.8 Å². The van der Waals surface area contributed by atoms with Gasteiger partial charge in [-0.15, -0.1) is 0 Å². The zero-order valence-corrected chi connectivity index (χ0v) is 10.7. The Labute approximate surface area is 114 Å². The first-order valence-corrected chi connectivity index (χ1v) is 5.85. The summed E-state index contributed by atoms with van der Waals surface area (Å²) in [7, 11) is 0. The van der Waals surface area contributed by atoms with Crippen LogP contribution < -0.4 is 5.73 Å². The lowest BCUT2D eigenvalue weighted by Gasteiger charge is -2.12. The molecule has 2 rings (SSSR count). The SMILES string of the molecule is C[C@@H](OC(=O)c1cc(O)c2ccccc2c1O)C(N)=O. The van der Waals surface area contributed by atoms with Crippen LogP contribution in [0.15, 0.2) is 30.3 Å². The van der Waals surface area contributed by atoms with Gasteiger partial charge in [-0.25, -0.2) is 4.79 Å². The second-order valence-corrected chi connectivity index (χ2v) is 4.29. The molecule has 1 atom stereocenters. The lowest BCUT2D eigenvalue weighted by Crippen LogP contribution is -2.30. The Morgan fingerprint density at radius 2 is 1.80 bits per heavy atom. The van der Waals surface area contributed by atoms with E-state index in [0.29, 0.717) is 10.8 Å². The van der Waals surface area contributed by atoms with Gasteiger partial charge in [0, 0.05) is 10.8 Å². The van der Waals surface area contributed by atoms with Crippen LogP contribution in [-0.2, 0) is 9.53 Å². The molecule has 0 saturated carbocycles. The van der Waals surface area contributed by atoms with E-state index in [1.54, 1.807) is 24.3 Å². The predicted octanol–water partition coefficient (Wildman–Crippen LogP) is 1.28. The number of carbonyl (C=O) groups excluding carboxylic acids is 2. The van der Waals surface area contributed by atoms with E-state index >= 15 is 0 Å². The van der Waals surface area contributed by atoms with Crippen molar-refractivity contribution < 1.29 is 24.5 Å². The topological polar surface area (TPSA) is 110 Å². The van der Waals surface area contributed by atoms with Crippen molar-refractivity contribution in [3.8, 4) is 11.5 Å². The summed E-state index contributed by atoms with van der Waals surface area (Å²) in [4.78, 5) is 22.7. The highest BCUT2D eigenvalue weighted by molar-refractivity contribution is 6.04. The van der Waals surface area contributed by atoms with Gasteiger partial charge >= 0.3 is 5.97 Å². The van der Waals surface area contributed by atoms with Crippen LogP contribution in [0, 0.1) is 0 Å². The maximum Gasteiger partial charge on any atom is 0.342 e. The number of phenols is 2. The standard InChI is InChI=1S/C14H13NO5/c1-7(13(15)18)20-14(19)10-6-11(16)8-4-2-3-5-9(8)12(10)17/h2-7,16-17H,1H3,(H2,15,18)/t7-/m1/s1. The highest BCUT2D eigenvalue weighted by Gasteiger charge is 2.21. The molecule has 0 aliphatic heterocycles. The molecular formula is C14H13NO5. The quantitative estimate of drug-likeness (QED) is 0.577. The first-order chi connectivity index (χ1) is 9.41. The van der Waals surface area contributed by atoms with Crippen LogP contribution in [0.5, 0.6) is 11.5 Å². The third-order valence-electron chi connectivity index (χ3n) is 2.90. The largest absolute Gasteiger partial charge is 0.507 e. The average molecular weight is 275 g/mol. The van der Waals surface area contributed by atoms with Crippen molar-refractivity contribution in [2.24, 2.45) is 5.73 Å². The van der Waals surface area contributed by atoms with Crippen LogP contribution in [0.1, 0.15) is 17.3 Å². The van der Waals surface area contributed by atoms with Gasteiger partial charge in [-0.3, -0.25) is 4.79 Å². The second kappa shape index (κ2) is 5.08. The Morgan fingerprint density at radius 3 is 2.40 bits per heavy atom. The Morgan fingerprint density at radius 1 is 1.20 bits per heavy atom. The summed E-state index contributed by atoms with van der Waals surface area (Å²) in [6, 6.07) is 7.59. The monoisotopic (exact) mass is 275 g/mol. The van der Waals surface area contributed by atoms with E-state index in [2.05, 4.69) is 0 Å². The van der Waals surface area contributed by atoms with Crippen molar-refractivity contribution in [3.63, 3.8) is 0 Å². The summed E-state index contributed by atoms with van der Waals surface area (Å²) in [6.07, 6.45) is -1.13. The van der Waals surface area contributed by atoms with Gasteiger partial charge in [0.1, 0.15) is 17.1 Å². The number of esters is 1. The molecule has 4 N–H and O–H groups in total. The zero-order chi connectivity index (χ0) is 14.9. The number of nitrogens with two attached hydrogens (primary N) is 1. The molecule has 104 valence electrons. The highest BCUT2D eigenvalue weighted by Crippen LogP contribution is 2.35. The Bertz CT molecular complexity index is 695. The summed E-state index contributed by atoms with van der Waals surface area (Å²) in [5, 5.41) is 20.6. The van der Waals surface area contributed by atoms with Crippen molar-refractivity contribution in [1.29, 1.82) is 0 Å². The molecule has 6 heteroatoms. The van der Waals surface area contributed by atoms with Gasteiger partial charge in [-0.05, 0) is 13.0 Å². The fraction of sp³-hybridized carbons (Fsp3) is 0.143. The van der Waals surface area contributed by atoms with Gasteiger partial charge in [-0.2, -0.15) is 0 Å². The molecule has 0 aromatic heterocycles. The van der Waals surface area contributed by atoms with Gasteiger partial charge in [0.2, 0.25) is 0 Å². The van der Waals surface area contributed by atoms with Crippen LogP contribution in [0.4, 0.5) is 0 Å². The third-order valence-corrected chi connectivity index (χ3v) is 2.90. The van der Waals surface area contributed by atoms with Gasteiger partial charge in [-0.1, -0.05) is 24.3 Å². The number of amides is 1. The van der Waals surface area contributed by atoms with E-state index in [1.165, 1.54) is 6.92 Å². The molecule has 0 aliphatic rings. The lowest BCUT2D eigenvalue weighted by atomic mass is 10.0. The minimum absolute atomic E-state index is 0.169. The molecule has 2 aromatic carbocycles. The average Bonchev–Trinajstić information content (AvgIpc) is 2.42. The molecule has 6 nitrogen and oxygen atoms in total. The minimum Gasteiger partial charge on any atom is -0.507 e. The minimum atomic E-state index is -1.13. The maximum atomic E-state index is 11.9. The number of carbonyl (C=O) groups is 2. The van der Waals surface area contributed by atoms with Crippen molar-refractivity contribution >= 4 is 22.6 Å². The van der Waals surface area contributed by atoms with Gasteiger partial charge in [0.15, 0.2) is 6.10 Å². The molecule has 0 spiro atoms. The lowest BCUT2D eigenvalue weighted by molar-refractivity contribution is -0.125. The molecular weight excluding hydrogens is 262 g/mol. The van der Waals surface area contributed by atoms with Crippen molar-refractivity contribution in [1.82, 2.24) is 0 Å². The molecule has 0 radical (unpaired) electrons. The smallest absolute Gasteiger partial charge is 0.342 e. The van der Waals surface area contributed by atoms with Crippen LogP contribution in [0.3, 0.4) is 0 Å². The van der Waals surface area contributed by atoms with E-state index in [-0.39, 0.29) is 17.1 Å². The molecule has 0 fully saturated rings. The molecule has 0 aliphatic carbocycles. The van der Waals surface area contributed by atoms with E-state index in [1.807, 2.05) is 0 Å². The van der Waals surface area contributed by atoms with Gasteiger partial charge in [0.05, 0.1) is 0 Å². The first kappa shape index (κ1) is 13.7. The number of rotatable bonds is 3. The Kier molecular flexibility index (Phi) is 3.47. The number of ether oxygens (including phenoxy) is 1. The molecule has 0 saturated heterocycles. The Balaban J connectivity index is 2.47. The van der Waals surface area contributed by atoms with Gasteiger partial charge in [0.25, 0.3) is 5.91 Å². The van der Waals surface area contributed by atoms with Crippen LogP contribution >= 0.6 is 0 Å². The summed E-state index contributed by atoms with van der Waals surface area (Å²) in [5.74, 6) is -2.23. The number of aromatic hydroxyl groups is 2. The second-order valence-electron chi connectivity index (χ2n) is 4.29. The fourth-order valence-corrected chi connectivity index (χ4v) is 1.78. The normalized spacial score (nSPS) is 12.1. The van der Waals surface area contributed by atoms with Crippen molar-refractivity contribution in [2.45, 2.75) is 13.0 Å². The fourth-order valence-electron chi connectivity index (χ4n) is 1.78. The Hall–Kier alpha value is -2.76. The maximum absolute atomic E-state index is 11.9. The van der Waals surface area contributed by atoms with Crippen LogP contribution in [0.2, 0.25) is 0 Å². The van der Waals surface area contributed by atoms with Crippen LogP contribution in [-0.4, -0.2) is 28.2 Å². The van der Waals surface area contributed by atoms with E-state index in [0.717, 1.165) is 6.07 Å². The summed E-state index contributed by atoms with van der Waals surface area (Å²) < 4.78 is 4.80. The zero-order valence-electron chi connectivity index (χ0n) is 10.7. The third kappa shape index (κ3) is 2.35. The van der Waals surface area contributed by atoms with Crippen molar-refractivity contribution in [3.05, 3.63) is 35.9 Å². The summed E-state index contributed by atoms with van der Waals surface area (Å²) >= 11 is 0. The first-order valence-electron chi connectivity index (χ1n) is 5.85. The summed E-state index contributed by atoms with van der Waals surface area (Å²) in [5.41, 5.74) is 4.77. The molecule has 0 heterocycles. The number of hydrogen-bond donors (Lipinski definition) is 3. The van der Waals surface area contributed by atoms with Crippen molar-refractivity contribution in [2.75, 3.05) is 0 Å². The highest BCUT2D eigenvalue weighted by atomic mass is 16.5. The number of primary amides is 1. The number of benzene rings is 2. The molecule has 1 amide bonds. The number of fused-ring (bicyclic) bond motifs is 1. The molecule has 0 bridgehead atoms. The number of hydrogen-bond acceptors (Lipinski definition) is 5.